The number of hydrogen-bond donors (Lipinski definition) is 0. The van der Waals surface area contributed by atoms with Gasteiger partial charge < -0.3 is 0 Å². The van der Waals surface area contributed by atoms with Crippen LogP contribution in [-0.4, -0.2) is 0 Å². The fraction of sp³-hybridized carbons (Fsp3) is 0.139. The van der Waals surface area contributed by atoms with Gasteiger partial charge in [0, 0.05) is 0 Å². The fourth-order valence-corrected chi connectivity index (χ4v) is 12.8. The van der Waals surface area contributed by atoms with Gasteiger partial charge >= 0.3 is 0 Å². The summed E-state index contributed by atoms with van der Waals surface area (Å²) in [5.41, 5.74) is 18.4. The molecule has 0 unspecified atom stereocenters. The van der Waals surface area contributed by atoms with Gasteiger partial charge in [-0.05, 0) is 173 Å². The summed E-state index contributed by atoms with van der Waals surface area (Å²) in [7, 11) is 0. The van der Waals surface area contributed by atoms with Crippen molar-refractivity contribution in [3.63, 3.8) is 0 Å². The third-order valence-electron chi connectivity index (χ3n) is 16.8. The second kappa shape index (κ2) is 19.6. The maximum absolute atomic E-state index is 2.37. The summed E-state index contributed by atoms with van der Waals surface area (Å²) in [5.74, 6) is 0. The highest BCUT2D eigenvalue weighted by Crippen LogP contribution is 2.52. The van der Waals surface area contributed by atoms with Crippen LogP contribution < -0.4 is 0 Å². The van der Waals surface area contributed by atoms with Gasteiger partial charge in [-0.25, -0.2) is 0 Å². The van der Waals surface area contributed by atoms with E-state index in [1.807, 2.05) is 0 Å². The summed E-state index contributed by atoms with van der Waals surface area (Å²) in [6, 6.07) is 81.5. The number of aryl methyl sites for hydroxylation is 2. The highest BCUT2D eigenvalue weighted by atomic mass is 14.3. The minimum absolute atomic E-state index is 0.104. The van der Waals surface area contributed by atoms with Crippen molar-refractivity contribution in [2.75, 3.05) is 0 Å². The monoisotopic (exact) mass is 1010 g/mol. The fourth-order valence-electron chi connectivity index (χ4n) is 12.8. The van der Waals surface area contributed by atoms with Crippen molar-refractivity contribution >= 4 is 87.6 Å². The van der Waals surface area contributed by atoms with Gasteiger partial charge in [0.15, 0.2) is 0 Å². The van der Waals surface area contributed by atoms with E-state index in [0.717, 1.165) is 6.42 Å². The van der Waals surface area contributed by atoms with E-state index in [1.54, 1.807) is 0 Å². The zero-order valence-corrected chi connectivity index (χ0v) is 46.8. The average Bonchev–Trinajstić information content (AvgIpc) is 3.52. The molecular weight excluding hydrogens is 949 g/mol. The second-order valence-corrected chi connectivity index (χ2v) is 24.0. The van der Waals surface area contributed by atoms with Gasteiger partial charge in [0.1, 0.15) is 0 Å². The zero-order chi connectivity index (χ0) is 54.2. The molecule has 1 aliphatic rings. The van der Waals surface area contributed by atoms with Crippen molar-refractivity contribution in [3.8, 4) is 44.5 Å². The first kappa shape index (κ1) is 49.7. The van der Waals surface area contributed by atoms with Gasteiger partial charge in [0.05, 0.1) is 0 Å². The molecule has 13 aromatic rings. The van der Waals surface area contributed by atoms with Crippen molar-refractivity contribution in [1.29, 1.82) is 0 Å². The molecule has 0 radical (unpaired) electrons. The zero-order valence-electron chi connectivity index (χ0n) is 46.8. The molecular formula is C79H66. The van der Waals surface area contributed by atoms with Crippen LogP contribution in [0.2, 0.25) is 0 Å². The maximum atomic E-state index is 2.37. The Hall–Kier alpha value is -8.84. The van der Waals surface area contributed by atoms with Crippen LogP contribution in [0.3, 0.4) is 0 Å². The molecule has 0 N–H and O–H groups in total. The Morgan fingerprint density at radius 3 is 0.873 bits per heavy atom. The summed E-state index contributed by atoms with van der Waals surface area (Å²) in [6.07, 6.45) is 10.3. The molecule has 0 heteroatoms. The van der Waals surface area contributed by atoms with Crippen LogP contribution in [0.5, 0.6) is 0 Å². The van der Waals surface area contributed by atoms with Gasteiger partial charge in [-0.15, -0.1) is 0 Å². The summed E-state index contributed by atoms with van der Waals surface area (Å²) in [4.78, 5) is 0. The Balaban J connectivity index is 0.000000152. The van der Waals surface area contributed by atoms with Crippen molar-refractivity contribution < 1.29 is 0 Å². The lowest BCUT2D eigenvalue weighted by atomic mass is 9.79. The lowest BCUT2D eigenvalue weighted by Crippen LogP contribution is -2.10. The van der Waals surface area contributed by atoms with Crippen LogP contribution in [0.15, 0.2) is 231 Å². The van der Waals surface area contributed by atoms with Gasteiger partial charge in [-0.2, -0.15) is 0 Å². The molecule has 0 bridgehead atoms. The van der Waals surface area contributed by atoms with E-state index in [2.05, 4.69) is 298 Å². The molecule has 0 nitrogen and oxygen atoms in total. The van der Waals surface area contributed by atoms with Crippen molar-refractivity contribution in [2.45, 2.75) is 72.6 Å². The third kappa shape index (κ3) is 8.63. The second-order valence-electron chi connectivity index (χ2n) is 24.0. The SMILES string of the molecule is CC(C)(C)c1ccc(-c2c3ccccc3c(-c3ccc(C(C)(C)C)cc3)c3c2c2c(c4ccccc43)C=CCC=C2)cc1.Cc1ccc(-c2c3ccccc3c(-c3ccc(C)cc3)c3c4ccccc4c4ccccc4c23)cc1. The molecule has 79 heavy (non-hydrogen) atoms. The Kier molecular flexibility index (Phi) is 12.3. The van der Waals surface area contributed by atoms with E-state index in [4.69, 9.17) is 0 Å². The molecule has 382 valence electrons. The van der Waals surface area contributed by atoms with Gasteiger partial charge in [0.2, 0.25) is 0 Å². The smallest absolute Gasteiger partial charge is 0.000764 e. The van der Waals surface area contributed by atoms with Crippen LogP contribution in [0.4, 0.5) is 0 Å². The quantitative estimate of drug-likeness (QED) is 0.122. The summed E-state index contributed by atoms with van der Waals surface area (Å²) in [5, 5.41) is 18.4. The Morgan fingerprint density at radius 2 is 0.519 bits per heavy atom. The van der Waals surface area contributed by atoms with Crippen LogP contribution in [-0.2, 0) is 10.8 Å². The summed E-state index contributed by atoms with van der Waals surface area (Å²) >= 11 is 0. The van der Waals surface area contributed by atoms with Crippen molar-refractivity contribution in [3.05, 3.63) is 264 Å². The number of benzene rings is 13. The molecule has 13 aromatic carbocycles. The molecule has 0 saturated heterocycles. The minimum atomic E-state index is 0.104. The molecule has 14 rings (SSSR count). The predicted molar refractivity (Wildman–Crippen MR) is 347 cm³/mol. The highest BCUT2D eigenvalue weighted by Gasteiger charge is 2.26. The number of hydrogen-bond acceptors (Lipinski definition) is 0. The van der Waals surface area contributed by atoms with E-state index in [0.29, 0.717) is 0 Å². The van der Waals surface area contributed by atoms with E-state index in [-0.39, 0.29) is 10.8 Å². The lowest BCUT2D eigenvalue weighted by Gasteiger charge is -2.24. The molecule has 1 aliphatic carbocycles. The van der Waals surface area contributed by atoms with Crippen LogP contribution in [0.1, 0.15) is 81.3 Å². The normalized spacial score (nSPS) is 12.7. The van der Waals surface area contributed by atoms with Crippen LogP contribution in [0, 0.1) is 13.8 Å². The third-order valence-corrected chi connectivity index (χ3v) is 16.8. The summed E-state index contributed by atoms with van der Waals surface area (Å²) < 4.78 is 0. The largest absolute Gasteiger partial charge is 0.0801 e. The standard InChI is InChI=1S/C43H40.C36H26/c1-42(2,3)30-24-20-28(21-25-30)38-36-18-12-13-19-37(36)39(29-22-26-31(27-23-29)43(4,5)6)41-35-17-11-10-15-33(35)32-14-8-7-9-16-34(32)40(38)41;1-23-15-19-25(20-16-23)33-31-13-7-8-14-32(31)34(26-21-17-24(2)18-22-26)36-30-12-6-4-10-28(30)27-9-3-5-11-29(27)35(33)36/h8-27H,7H2,1-6H3;3-22H,1-2H3. The Bertz CT molecular complexity index is 4440. The van der Waals surface area contributed by atoms with E-state index < -0.39 is 0 Å². The first-order valence-corrected chi connectivity index (χ1v) is 28.2. The van der Waals surface area contributed by atoms with Crippen molar-refractivity contribution in [2.24, 2.45) is 0 Å². The maximum Gasteiger partial charge on any atom is -0.000764 e. The van der Waals surface area contributed by atoms with Crippen LogP contribution in [0.25, 0.3) is 132 Å². The molecule has 0 amide bonds. The molecule has 0 saturated carbocycles. The van der Waals surface area contributed by atoms with Crippen molar-refractivity contribution in [1.82, 2.24) is 0 Å². The molecule has 0 fully saturated rings. The molecule has 0 spiro atoms. The van der Waals surface area contributed by atoms with E-state index in [9.17, 15) is 0 Å². The predicted octanol–water partition coefficient (Wildman–Crippen LogP) is 22.8. The molecule has 0 aliphatic heterocycles. The number of fused-ring (bicyclic) bond motifs is 14. The lowest BCUT2D eigenvalue weighted by molar-refractivity contribution is 0.590. The topological polar surface area (TPSA) is 0 Å². The van der Waals surface area contributed by atoms with Gasteiger partial charge in [-0.1, -0.05) is 295 Å². The molecule has 0 atom stereocenters. The Labute approximate surface area is 466 Å². The Morgan fingerprint density at radius 1 is 0.253 bits per heavy atom. The average molecular weight is 1020 g/mol. The van der Waals surface area contributed by atoms with E-state index in [1.165, 1.54) is 153 Å². The number of allylic oxidation sites excluding steroid dienone is 2. The first-order valence-electron chi connectivity index (χ1n) is 28.2. The van der Waals surface area contributed by atoms with Gasteiger partial charge in [-0.3, -0.25) is 0 Å². The minimum Gasteiger partial charge on any atom is -0.0801 e. The highest BCUT2D eigenvalue weighted by molar-refractivity contribution is 6.37. The van der Waals surface area contributed by atoms with Crippen LogP contribution >= 0.6 is 0 Å². The van der Waals surface area contributed by atoms with E-state index >= 15 is 0 Å². The molecule has 0 aromatic heterocycles. The summed E-state index contributed by atoms with van der Waals surface area (Å²) in [6.45, 7) is 18.0. The molecule has 0 heterocycles. The first-order chi connectivity index (χ1) is 38.3. The number of rotatable bonds is 4. The van der Waals surface area contributed by atoms with Gasteiger partial charge in [0.25, 0.3) is 0 Å².